The van der Waals surface area contributed by atoms with Crippen molar-refractivity contribution in [3.8, 4) is 73.2 Å². The number of hydrogen-bond acceptors (Lipinski definition) is 2. The Morgan fingerprint density at radius 3 is 2.12 bits per heavy atom. The van der Waals surface area contributed by atoms with Gasteiger partial charge >= 0.3 is 0 Å². The summed E-state index contributed by atoms with van der Waals surface area (Å²) in [5.41, 5.74) is 11.7. The van der Waals surface area contributed by atoms with Crippen molar-refractivity contribution in [3.05, 3.63) is 212 Å². The predicted molar refractivity (Wildman–Crippen MR) is 279 cm³/mol. The molecule has 3 aromatic heterocycles. The Kier molecular flexibility index (Phi) is 7.98. The Labute approximate surface area is 408 Å². The van der Waals surface area contributed by atoms with Crippen LogP contribution in [0, 0.1) is 11.7 Å². The molecule has 4 heterocycles. The van der Waals surface area contributed by atoms with Crippen LogP contribution in [-0.4, -0.2) is 14.1 Å². The first kappa shape index (κ1) is 34.3. The highest BCUT2D eigenvalue weighted by atomic mass is 16.5. The van der Waals surface area contributed by atoms with Crippen LogP contribution in [-0.2, 0) is 11.8 Å². The van der Waals surface area contributed by atoms with Gasteiger partial charge in [-0.15, -0.1) is 0 Å². The molecule has 68 heavy (non-hydrogen) atoms. The van der Waals surface area contributed by atoms with Crippen LogP contribution in [0.5, 0.6) is 11.5 Å². The number of hydrogen-bond donors (Lipinski definition) is 0. The minimum atomic E-state index is -1.72. The summed E-state index contributed by atoms with van der Waals surface area (Å²) in [6.07, 6.45) is 3.89. The van der Waals surface area contributed by atoms with Crippen molar-refractivity contribution < 1.29 is 18.9 Å². The van der Waals surface area contributed by atoms with E-state index >= 15 is 0 Å². The second-order valence-electron chi connectivity index (χ2n) is 19.6. The van der Waals surface area contributed by atoms with Crippen molar-refractivity contribution >= 4 is 32.8 Å². The fourth-order valence-corrected chi connectivity index (χ4v) is 9.79. The predicted octanol–water partition coefficient (Wildman–Crippen LogP) is 15.9. The molecule has 330 valence electrons. The molecule has 8 aromatic carbocycles. The zero-order valence-corrected chi connectivity index (χ0v) is 38.8. The zero-order valence-electron chi connectivity index (χ0n) is 45.8. The van der Waals surface area contributed by atoms with E-state index in [1.165, 1.54) is 5.56 Å². The van der Waals surface area contributed by atoms with Gasteiger partial charge in [-0.05, 0) is 127 Å². The lowest BCUT2D eigenvalue weighted by atomic mass is 9.84. The van der Waals surface area contributed by atoms with E-state index < -0.39 is 29.9 Å². The Morgan fingerprint density at radius 1 is 0.588 bits per heavy atom. The van der Waals surface area contributed by atoms with Gasteiger partial charge in [-0.3, -0.25) is 13.7 Å². The second kappa shape index (κ2) is 15.8. The van der Waals surface area contributed by atoms with Crippen LogP contribution in [0.15, 0.2) is 194 Å². The molecule has 0 saturated carbocycles. The van der Waals surface area contributed by atoms with Gasteiger partial charge in [-0.1, -0.05) is 169 Å². The molecule has 0 atom stereocenters. The molecule has 0 N–H and O–H groups in total. The highest BCUT2D eigenvalue weighted by Gasteiger charge is 2.26. The third-order valence-corrected chi connectivity index (χ3v) is 12.8. The van der Waals surface area contributed by atoms with Crippen LogP contribution in [0.1, 0.15) is 62.3 Å². The lowest BCUT2D eigenvalue weighted by Gasteiger charge is -2.21. The molecule has 0 aliphatic carbocycles. The van der Waals surface area contributed by atoms with Gasteiger partial charge in [0, 0.05) is 25.8 Å². The summed E-state index contributed by atoms with van der Waals surface area (Å²) in [6.45, 7) is 12.3. The maximum absolute atomic E-state index is 9.42. The van der Waals surface area contributed by atoms with Crippen molar-refractivity contribution in [3.63, 3.8) is 0 Å². The number of nitrogens with zero attached hydrogens (tertiary/aromatic N) is 4. The van der Waals surface area contributed by atoms with Crippen LogP contribution in [0.25, 0.3) is 94.5 Å². The average Bonchev–Trinajstić information content (AvgIpc) is 3.96. The minimum Gasteiger partial charge on any atom is -0.458 e. The smallest absolute Gasteiger partial charge is 0.269 e. The summed E-state index contributed by atoms with van der Waals surface area (Å²) in [4.78, 5) is 4.87. The largest absolute Gasteiger partial charge is 0.458 e. The van der Waals surface area contributed by atoms with E-state index in [0.29, 0.717) is 28.3 Å². The van der Waals surface area contributed by atoms with Crippen LogP contribution in [0.4, 0.5) is 0 Å². The van der Waals surface area contributed by atoms with Crippen molar-refractivity contribution in [1.29, 1.82) is 0 Å². The molecule has 0 spiro atoms. The van der Waals surface area contributed by atoms with E-state index in [4.69, 9.17) is 16.6 Å². The monoisotopic (exact) mass is 887 g/mol. The van der Waals surface area contributed by atoms with E-state index in [1.54, 1.807) is 6.07 Å². The number of aromatic nitrogens is 4. The third kappa shape index (κ3) is 7.17. The minimum absolute atomic E-state index is 0.0696. The topological polar surface area (TPSA) is 35.9 Å². The Balaban J connectivity index is 1.06. The molecule has 0 bridgehead atoms. The molecule has 5 nitrogen and oxygen atoms in total. The van der Waals surface area contributed by atoms with E-state index in [1.807, 2.05) is 115 Å². The van der Waals surface area contributed by atoms with E-state index in [2.05, 4.69) is 104 Å². The molecule has 0 fully saturated rings. The van der Waals surface area contributed by atoms with Gasteiger partial charge in [0.15, 0.2) is 0 Å². The van der Waals surface area contributed by atoms with E-state index in [0.717, 1.165) is 77.7 Å². The normalized spacial score (nSPS) is 14.0. The third-order valence-electron chi connectivity index (χ3n) is 12.8. The quantitative estimate of drug-likeness (QED) is 0.123. The summed E-state index contributed by atoms with van der Waals surface area (Å²) in [5, 5.41) is 2.20. The maximum Gasteiger partial charge on any atom is 0.269 e. The summed E-state index contributed by atoms with van der Waals surface area (Å²) in [5.74, 6) is 2.08. The molecular formula is C63H52N4O. The number of fused-ring (bicyclic) bond motifs is 10. The molecule has 1 aliphatic rings. The highest BCUT2D eigenvalue weighted by molar-refractivity contribution is 6.09. The van der Waals surface area contributed by atoms with Gasteiger partial charge in [-0.2, -0.15) is 0 Å². The summed E-state index contributed by atoms with van der Waals surface area (Å²) in [7, 11) is 0. The zero-order chi connectivity index (χ0) is 52.5. The van der Waals surface area contributed by atoms with E-state index in [-0.39, 0.29) is 23.1 Å². The van der Waals surface area contributed by atoms with Crippen LogP contribution in [0.3, 0.4) is 0 Å². The molecule has 5 heteroatoms. The number of pyridine rings is 1. The molecular weight excluding hydrogens is 829 g/mol. The summed E-state index contributed by atoms with van der Waals surface area (Å²) < 4.78 is 75.5. The fourth-order valence-electron chi connectivity index (χ4n) is 9.79. The van der Waals surface area contributed by atoms with Crippen molar-refractivity contribution in [2.45, 2.75) is 53.3 Å². The van der Waals surface area contributed by atoms with Gasteiger partial charge in [0.05, 0.1) is 40.3 Å². The number of rotatable bonds is 6. The standard InChI is InChI=1S/C63H52N4O/c1-62(2,3)39-41-26-29-50-48-20-10-11-21-49(48)54-23-15-25-57-61(54)66(58-35-43(42-16-8-7-9-17-42)27-30-53(58)55(50)34-41)40-65(57)45-18-14-19-46(37-45)68-47-28-31-52-51-22-12-13-24-56(51)67(59(52)38-47)60-36-44(32-33-64-60)63(4,5)6/h7-38H,39H2,1-6H3/i7D,8D,9D,16D,17D,39D2. The van der Waals surface area contributed by atoms with Crippen LogP contribution < -0.4 is 9.30 Å². The fraction of sp³-hybridized carbons (Fsp3) is 0.143. The molecule has 0 radical (unpaired) electrons. The molecule has 0 amide bonds. The first-order valence-electron chi connectivity index (χ1n) is 26.5. The molecule has 1 aliphatic heterocycles. The second-order valence-corrected chi connectivity index (χ2v) is 19.6. The van der Waals surface area contributed by atoms with Crippen molar-refractivity contribution in [1.82, 2.24) is 14.1 Å². The summed E-state index contributed by atoms with van der Waals surface area (Å²) >= 11 is 0. The molecule has 11 aromatic rings. The molecule has 0 saturated heterocycles. The first-order valence-corrected chi connectivity index (χ1v) is 23.0. The number of ether oxygens (including phenoxy) is 1. The highest BCUT2D eigenvalue weighted by Crippen LogP contribution is 2.45. The van der Waals surface area contributed by atoms with Crippen molar-refractivity contribution in [2.75, 3.05) is 0 Å². The van der Waals surface area contributed by atoms with Gasteiger partial charge in [0.2, 0.25) is 0 Å². The van der Waals surface area contributed by atoms with Crippen molar-refractivity contribution in [2.24, 2.45) is 5.41 Å². The van der Waals surface area contributed by atoms with Crippen LogP contribution in [0.2, 0.25) is 0 Å². The maximum atomic E-state index is 9.42. The number of imidazole rings is 1. The lowest BCUT2D eigenvalue weighted by molar-refractivity contribution is -0.571. The number of benzene rings is 8. The van der Waals surface area contributed by atoms with E-state index in [9.17, 15) is 2.74 Å². The SMILES string of the molecule is [2H]c1c([2H])c([2H])c(-c2ccc3c(c2)-[n+]2[c-]n(-c4cccc(Oc5ccc6c7ccccc7n(-c7cc(C(C)(C)C)ccn7)c6c5)c4)c4cccc(c42)-c2ccccc2-c2ccc(C([2H])([2H])C(C)(C)C)cc2-3)c([2H])c1[2H]. The molecule has 0 unspecified atom stereocenters. The number of para-hydroxylation sites is 2. The van der Waals surface area contributed by atoms with Gasteiger partial charge in [0.1, 0.15) is 17.3 Å². The Hall–Kier alpha value is -8.02. The van der Waals surface area contributed by atoms with Gasteiger partial charge in [-0.25, -0.2) is 4.98 Å². The first-order chi connectivity index (χ1) is 35.8. The Bertz CT molecular complexity index is 4150. The summed E-state index contributed by atoms with van der Waals surface area (Å²) in [6, 6.07) is 50.6. The Morgan fingerprint density at radius 2 is 1.29 bits per heavy atom. The van der Waals surface area contributed by atoms with Gasteiger partial charge in [0.25, 0.3) is 6.33 Å². The van der Waals surface area contributed by atoms with Crippen LogP contribution >= 0.6 is 0 Å². The lowest BCUT2D eigenvalue weighted by Crippen LogP contribution is -2.31. The molecule has 12 rings (SSSR count). The average molecular weight is 888 g/mol. The van der Waals surface area contributed by atoms with Gasteiger partial charge < -0.3 is 4.74 Å².